The fourth-order valence-electron chi connectivity index (χ4n) is 6.08. The van der Waals surface area contributed by atoms with Gasteiger partial charge in [0.15, 0.2) is 5.82 Å². The first-order valence-corrected chi connectivity index (χ1v) is 15.2. The third-order valence-electron chi connectivity index (χ3n) is 8.50. The van der Waals surface area contributed by atoms with Gasteiger partial charge in [0.2, 0.25) is 11.8 Å². The van der Waals surface area contributed by atoms with E-state index < -0.39 is 6.04 Å². The van der Waals surface area contributed by atoms with E-state index in [1.165, 1.54) is 0 Å². The van der Waals surface area contributed by atoms with Crippen LogP contribution in [-0.2, 0) is 20.9 Å². The molecule has 6 rings (SSSR count). The van der Waals surface area contributed by atoms with Crippen molar-refractivity contribution in [2.45, 2.75) is 44.3 Å². The molecule has 4 heterocycles. The summed E-state index contributed by atoms with van der Waals surface area (Å²) in [4.78, 5) is 41.9. The van der Waals surface area contributed by atoms with Crippen LogP contribution in [0.5, 0.6) is 5.75 Å². The second-order valence-electron chi connectivity index (χ2n) is 11.6. The number of aromatic nitrogens is 2. The van der Waals surface area contributed by atoms with Gasteiger partial charge in [-0.3, -0.25) is 19.8 Å². The van der Waals surface area contributed by atoms with Gasteiger partial charge in [-0.25, -0.2) is 5.43 Å². The van der Waals surface area contributed by atoms with E-state index in [9.17, 15) is 19.5 Å². The van der Waals surface area contributed by atoms with Crippen molar-refractivity contribution in [1.29, 1.82) is 0 Å². The number of aromatic hydroxyl groups is 1. The van der Waals surface area contributed by atoms with Crippen molar-refractivity contribution in [1.82, 2.24) is 31.3 Å². The van der Waals surface area contributed by atoms with Crippen LogP contribution in [0, 0.1) is 0 Å². The zero-order valence-corrected chi connectivity index (χ0v) is 25.3. The van der Waals surface area contributed by atoms with Gasteiger partial charge in [-0.15, -0.1) is 10.2 Å². The van der Waals surface area contributed by atoms with Crippen LogP contribution >= 0.6 is 0 Å². The molecule has 2 aromatic carbocycles. The molecular formula is C32H37N9O5. The Labute approximate surface area is 266 Å². The van der Waals surface area contributed by atoms with Crippen molar-refractivity contribution in [3.05, 3.63) is 71.9 Å². The second-order valence-corrected chi connectivity index (χ2v) is 11.6. The maximum absolute atomic E-state index is 13.1. The van der Waals surface area contributed by atoms with Crippen LogP contribution in [0.15, 0.2) is 60.8 Å². The van der Waals surface area contributed by atoms with Gasteiger partial charge in [0.25, 0.3) is 5.91 Å². The molecule has 2 fully saturated rings. The number of carbonyl (C=O) groups is 3. The topological polar surface area (TPSA) is 187 Å². The molecule has 0 spiro atoms. The minimum atomic E-state index is -0.572. The predicted molar refractivity (Wildman–Crippen MR) is 171 cm³/mol. The largest absolute Gasteiger partial charge is 0.507 e. The Morgan fingerprint density at radius 3 is 2.65 bits per heavy atom. The highest BCUT2D eigenvalue weighted by atomic mass is 16.5. The number of nitrogens with one attached hydrogen (secondary N) is 4. The normalized spacial score (nSPS) is 18.4. The van der Waals surface area contributed by atoms with E-state index >= 15 is 0 Å². The Morgan fingerprint density at radius 2 is 1.87 bits per heavy atom. The maximum atomic E-state index is 13.1. The fraction of sp³-hybridized carbons (Fsp3) is 0.344. The van der Waals surface area contributed by atoms with Crippen LogP contribution in [0.2, 0.25) is 0 Å². The molecule has 3 amide bonds. The fourth-order valence-corrected chi connectivity index (χ4v) is 6.08. The van der Waals surface area contributed by atoms with Gasteiger partial charge in [0.05, 0.1) is 11.4 Å². The number of nitrogens with two attached hydrogens (primary N) is 1. The smallest absolute Gasteiger partial charge is 0.255 e. The molecule has 3 aromatic rings. The molecule has 14 nitrogen and oxygen atoms in total. The summed E-state index contributed by atoms with van der Waals surface area (Å²) in [6, 6.07) is 13.6. The Balaban J connectivity index is 0.930. The van der Waals surface area contributed by atoms with E-state index in [2.05, 4.69) is 43.2 Å². The quantitative estimate of drug-likeness (QED) is 0.109. The number of allylic oxidation sites excluding steroid dienone is 1. The van der Waals surface area contributed by atoms with Crippen LogP contribution < -0.4 is 32.1 Å². The molecule has 3 aliphatic rings. The maximum Gasteiger partial charge on any atom is 0.255 e. The lowest BCUT2D eigenvalue weighted by Gasteiger charge is -2.34. The number of piperidine rings is 2. The number of hydrazine groups is 1. The standard InChI is InChI=1S/C32H37N9O5/c1-19-9-10-26(31(44)35-19)41-16-23-21(32(41)45)6-4-7-24(23)36-29(43)17-46-18-34-37-20-11-13-40(14-12-20)27-15-25(38-39-30(27)33)22-5-2-3-8-28(22)42/h2-8,15,20,26,34,37,42H,1,9-14,16-18H2,(H2,33,39)(H,35,44)(H,36,43). The zero-order valence-electron chi connectivity index (χ0n) is 25.3. The molecule has 0 aliphatic carbocycles. The first-order chi connectivity index (χ1) is 22.3. The van der Waals surface area contributed by atoms with Crippen LogP contribution in [0.4, 0.5) is 17.2 Å². The molecular weight excluding hydrogens is 590 g/mol. The van der Waals surface area contributed by atoms with Gasteiger partial charge in [-0.2, -0.15) is 0 Å². The highest BCUT2D eigenvalue weighted by Crippen LogP contribution is 2.34. The van der Waals surface area contributed by atoms with Gasteiger partial charge in [-0.1, -0.05) is 24.8 Å². The van der Waals surface area contributed by atoms with Crippen molar-refractivity contribution < 1.29 is 24.2 Å². The number of nitrogens with zero attached hydrogens (tertiary/aromatic N) is 4. The van der Waals surface area contributed by atoms with Crippen molar-refractivity contribution in [3.63, 3.8) is 0 Å². The van der Waals surface area contributed by atoms with Crippen molar-refractivity contribution in [2.24, 2.45) is 0 Å². The van der Waals surface area contributed by atoms with Crippen LogP contribution in [-0.4, -0.2) is 76.4 Å². The summed E-state index contributed by atoms with van der Waals surface area (Å²) in [7, 11) is 0. The summed E-state index contributed by atoms with van der Waals surface area (Å²) in [5.74, 6) is -0.352. The molecule has 7 N–H and O–H groups in total. The number of para-hydroxylation sites is 1. The Morgan fingerprint density at radius 1 is 1.09 bits per heavy atom. The third kappa shape index (κ3) is 6.63. The van der Waals surface area contributed by atoms with Gasteiger partial charge in [0, 0.05) is 53.8 Å². The van der Waals surface area contributed by atoms with Crippen molar-refractivity contribution >= 4 is 34.9 Å². The van der Waals surface area contributed by atoms with E-state index in [0.29, 0.717) is 52.4 Å². The molecule has 0 bridgehead atoms. The summed E-state index contributed by atoms with van der Waals surface area (Å²) in [5, 5.41) is 24.1. The molecule has 3 aliphatic heterocycles. The summed E-state index contributed by atoms with van der Waals surface area (Å²) in [6.07, 6.45) is 2.78. The predicted octanol–water partition coefficient (Wildman–Crippen LogP) is 1.86. The average Bonchev–Trinajstić information content (AvgIpc) is 3.38. The lowest BCUT2D eigenvalue weighted by Crippen LogP contribution is -2.49. The molecule has 240 valence electrons. The van der Waals surface area contributed by atoms with Crippen LogP contribution in [0.3, 0.4) is 0 Å². The minimum Gasteiger partial charge on any atom is -0.507 e. The van der Waals surface area contributed by atoms with E-state index in [0.717, 1.165) is 31.6 Å². The van der Waals surface area contributed by atoms with E-state index in [-0.39, 0.29) is 49.4 Å². The summed E-state index contributed by atoms with van der Waals surface area (Å²) in [5.41, 5.74) is 16.7. The molecule has 1 aromatic heterocycles. The number of phenolic OH excluding ortho intramolecular Hbond substituents is 1. The average molecular weight is 628 g/mol. The number of fused-ring (bicyclic) bond motifs is 1. The lowest BCUT2D eigenvalue weighted by molar-refractivity contribution is -0.126. The summed E-state index contributed by atoms with van der Waals surface area (Å²) >= 11 is 0. The van der Waals surface area contributed by atoms with Crippen molar-refractivity contribution in [2.75, 3.05) is 42.4 Å². The molecule has 46 heavy (non-hydrogen) atoms. The van der Waals surface area contributed by atoms with Crippen molar-refractivity contribution in [3.8, 4) is 17.0 Å². The van der Waals surface area contributed by atoms with Gasteiger partial charge in [-0.05, 0) is 56.0 Å². The molecule has 0 radical (unpaired) electrons. The first-order valence-electron chi connectivity index (χ1n) is 15.2. The minimum absolute atomic E-state index is 0.111. The van der Waals surface area contributed by atoms with E-state index in [4.69, 9.17) is 10.5 Å². The third-order valence-corrected chi connectivity index (χ3v) is 8.50. The summed E-state index contributed by atoms with van der Waals surface area (Å²) < 4.78 is 5.52. The van der Waals surface area contributed by atoms with Gasteiger partial charge >= 0.3 is 0 Å². The number of ether oxygens (including phenoxy) is 1. The monoisotopic (exact) mass is 627 g/mol. The molecule has 2 saturated heterocycles. The van der Waals surface area contributed by atoms with Gasteiger partial charge < -0.3 is 36.0 Å². The Hall–Kier alpha value is -5.05. The number of rotatable bonds is 10. The second kappa shape index (κ2) is 13.5. The number of hydrogen-bond acceptors (Lipinski definition) is 11. The lowest BCUT2D eigenvalue weighted by atomic mass is 10.0. The molecule has 1 unspecified atom stereocenters. The number of carbonyl (C=O) groups excluding carboxylic acids is 3. The van der Waals surface area contributed by atoms with E-state index in [1.807, 2.05) is 12.1 Å². The van der Waals surface area contributed by atoms with Crippen LogP contribution in [0.25, 0.3) is 11.3 Å². The number of anilines is 3. The van der Waals surface area contributed by atoms with Gasteiger partial charge in [0.1, 0.15) is 25.1 Å². The van der Waals surface area contributed by atoms with Crippen LogP contribution in [0.1, 0.15) is 41.6 Å². The summed E-state index contributed by atoms with van der Waals surface area (Å²) in [6.45, 7) is 5.44. The Kier molecular flexibility index (Phi) is 9.10. The molecule has 1 atom stereocenters. The number of amides is 3. The first kappa shape index (κ1) is 31.0. The highest BCUT2D eigenvalue weighted by molar-refractivity contribution is 6.04. The zero-order chi connectivity index (χ0) is 32.2. The number of hydrogen-bond donors (Lipinski definition) is 6. The molecule has 14 heteroatoms. The molecule has 0 saturated carbocycles. The number of phenols is 1. The number of nitrogen functional groups attached to an aromatic ring is 1. The Bertz CT molecular complexity index is 1660. The SMILES string of the molecule is C=C1CCC(N2Cc3c(NC(=O)COCNNC4CCN(c5cc(-c6ccccc6O)nnc5N)CC4)cccc3C2=O)C(=O)N1. The van der Waals surface area contributed by atoms with E-state index in [1.54, 1.807) is 41.3 Å². The highest BCUT2D eigenvalue weighted by Gasteiger charge is 2.39. The number of benzene rings is 2.